The maximum atomic E-state index is 15.1. The minimum Gasteiger partial charge on any atom is -0.400 e. The van der Waals surface area contributed by atoms with E-state index in [4.69, 9.17) is 25.6 Å². The number of pyridine rings is 4. The van der Waals surface area contributed by atoms with Crippen LogP contribution >= 0.6 is 0 Å². The number of likely N-dealkylation sites (N-methyl/N-ethyl adjacent to an activating group) is 2. The van der Waals surface area contributed by atoms with Crippen LogP contribution in [0.3, 0.4) is 0 Å². The Bertz CT molecular complexity index is 2580. The second kappa shape index (κ2) is 43.8. The number of aliphatic hydroxyl groups excluding tert-OH is 1. The standard InChI is InChI=1S/C37H55N5O3.C31H43N3O3.C4H12N2.CH4O.CH2O/c1-6-7-8-9-10-11-12-13-14-19-24-42-33(31-20-15-17-22-38-31)36(29(2)43)27-41(26-25-40(4)5)28-37(30(3)44,35(36)45)34(42)32-21-16-18-23-39-32;1-4-5-6-7-8-9-10-11-12-17-22-34-29(25-18-13-15-20-32-25)27(23(2)35)31(37)28(24(3)36)30(34)26-19-14-16-21-33-26;1-6(2)4-3-5;2*1-2/h15-18,20-23,33-34H,6-14,19,24-28H2,1-5H3;13-16,18-21,27-30H,4-12,17,22H2,1-3H3;3-5H2,1-2H3;2H,1H3;1H2. The number of hydrogen-bond acceptors (Lipinski definition) is 18. The van der Waals surface area contributed by atoms with Crippen LogP contribution in [0.2, 0.25) is 0 Å². The molecule has 510 valence electrons. The lowest BCUT2D eigenvalue weighted by molar-refractivity contribution is -0.189. The Balaban J connectivity index is 0.000000426. The Morgan fingerprint density at radius 3 is 1.08 bits per heavy atom. The highest BCUT2D eigenvalue weighted by atomic mass is 16.2. The number of nitrogens with zero attached hydrogens (tertiary/aromatic N) is 9. The zero-order chi connectivity index (χ0) is 68.1. The van der Waals surface area contributed by atoms with Gasteiger partial charge in [0, 0.05) is 71.2 Å². The van der Waals surface area contributed by atoms with Gasteiger partial charge in [0.2, 0.25) is 0 Å². The fourth-order valence-corrected chi connectivity index (χ4v) is 13.8. The van der Waals surface area contributed by atoms with Gasteiger partial charge in [-0.25, -0.2) is 0 Å². The second-order valence-corrected chi connectivity index (χ2v) is 25.6. The highest BCUT2D eigenvalue weighted by Crippen LogP contribution is 2.60. The molecule has 3 saturated heterocycles. The molecule has 18 heteroatoms. The predicted octanol–water partition coefficient (Wildman–Crippen LogP) is 11.5. The molecule has 7 rings (SSSR count). The summed E-state index contributed by atoms with van der Waals surface area (Å²) >= 11 is 0. The first-order valence-corrected chi connectivity index (χ1v) is 34.2. The largest absolute Gasteiger partial charge is 0.400 e. The smallest absolute Gasteiger partial charge is 0.166 e. The third kappa shape index (κ3) is 22.6. The monoisotopic (exact) mass is 1270 g/mol. The van der Waals surface area contributed by atoms with E-state index >= 15 is 4.79 Å². The number of nitrogens with two attached hydrogens (primary N) is 1. The number of carbonyl (C=O) groups is 7. The molecule has 0 radical (unpaired) electrons. The van der Waals surface area contributed by atoms with Crippen molar-refractivity contribution in [3.05, 3.63) is 120 Å². The number of hydrogen-bond donors (Lipinski definition) is 2. The van der Waals surface area contributed by atoms with E-state index in [9.17, 15) is 24.0 Å². The summed E-state index contributed by atoms with van der Waals surface area (Å²) in [5, 5.41) is 7.00. The average molecular weight is 1270 g/mol. The molecule has 3 fully saturated rings. The van der Waals surface area contributed by atoms with Gasteiger partial charge >= 0.3 is 0 Å². The number of fused-ring (bicyclic) bond motifs is 2. The number of unbranched alkanes of at least 4 members (excludes halogenated alkanes) is 18. The van der Waals surface area contributed by atoms with Crippen molar-refractivity contribution < 1.29 is 38.7 Å². The molecule has 0 amide bonds. The number of ketones is 6. The molecule has 7 heterocycles. The maximum absolute atomic E-state index is 15.1. The van der Waals surface area contributed by atoms with Gasteiger partial charge < -0.3 is 25.4 Å². The summed E-state index contributed by atoms with van der Waals surface area (Å²) in [6.45, 7) is 17.5. The van der Waals surface area contributed by atoms with Crippen molar-refractivity contribution >= 4 is 41.5 Å². The SMILES string of the molecule is C=O.CCCCCCCCCCCCN1C(c2ccccn2)C(C(C)=O)C(=O)C(C(C)=O)C1c1ccccn1.CCCCCCCCCCCCN1C(c2ccccn2)C2(C(C)=O)CN(CCN(C)C)CC(C(C)=O)(C2=O)C1c1ccccn1.CN(C)CCN.CO. The Morgan fingerprint density at radius 1 is 0.489 bits per heavy atom. The Hall–Kier alpha value is -5.99. The third-order valence-electron chi connectivity index (χ3n) is 18.3. The zero-order valence-corrected chi connectivity index (χ0v) is 58.1. The van der Waals surface area contributed by atoms with E-state index in [1.807, 2.05) is 108 Å². The molecule has 0 saturated carbocycles. The lowest BCUT2D eigenvalue weighted by atomic mass is 9.52. The average Bonchev–Trinajstić information content (AvgIpc) is 0.682. The van der Waals surface area contributed by atoms with Crippen molar-refractivity contribution in [2.75, 3.05) is 87.7 Å². The first kappa shape index (κ1) is 80.2. The van der Waals surface area contributed by atoms with E-state index in [0.717, 1.165) is 65.3 Å². The molecule has 18 nitrogen and oxygen atoms in total. The summed E-state index contributed by atoms with van der Waals surface area (Å²) in [5.41, 5.74) is 5.11. The Labute approximate surface area is 552 Å². The molecule has 8 atom stereocenters. The summed E-state index contributed by atoms with van der Waals surface area (Å²) in [6, 6.07) is 20.4. The van der Waals surface area contributed by atoms with Crippen molar-refractivity contribution in [1.82, 2.24) is 44.4 Å². The van der Waals surface area contributed by atoms with E-state index in [1.54, 1.807) is 24.8 Å². The molecule has 3 N–H and O–H groups in total. The van der Waals surface area contributed by atoms with E-state index in [2.05, 4.69) is 48.3 Å². The van der Waals surface area contributed by atoms with Crippen LogP contribution in [0.5, 0.6) is 0 Å². The van der Waals surface area contributed by atoms with Gasteiger partial charge in [-0.3, -0.25) is 63.4 Å². The van der Waals surface area contributed by atoms with Crippen LogP contribution < -0.4 is 5.73 Å². The molecule has 4 aromatic heterocycles. The highest BCUT2D eigenvalue weighted by Gasteiger charge is 2.72. The number of rotatable bonds is 35. The third-order valence-corrected chi connectivity index (χ3v) is 18.3. The molecule has 8 unspecified atom stereocenters. The van der Waals surface area contributed by atoms with Crippen LogP contribution in [0.1, 0.15) is 217 Å². The van der Waals surface area contributed by atoms with Gasteiger partial charge in [0.05, 0.1) is 58.8 Å². The van der Waals surface area contributed by atoms with Gasteiger partial charge in [0.15, 0.2) is 11.6 Å². The number of aliphatic hydroxyl groups is 1. The van der Waals surface area contributed by atoms with Crippen molar-refractivity contribution in [2.24, 2.45) is 28.4 Å². The van der Waals surface area contributed by atoms with E-state index in [-0.39, 0.29) is 47.8 Å². The van der Waals surface area contributed by atoms with E-state index < -0.39 is 46.8 Å². The quantitative estimate of drug-likeness (QED) is 0.0322. The number of carbonyl (C=O) groups excluding carboxylic acids is 7. The van der Waals surface area contributed by atoms with Gasteiger partial charge in [0.25, 0.3) is 0 Å². The van der Waals surface area contributed by atoms with Crippen LogP contribution in [0, 0.1) is 22.7 Å². The highest BCUT2D eigenvalue weighted by molar-refractivity contribution is 6.19. The van der Waals surface area contributed by atoms with Gasteiger partial charge in [-0.05, 0) is 130 Å². The topological polar surface area (TPSA) is 234 Å². The lowest BCUT2D eigenvalue weighted by Gasteiger charge is -2.62. The van der Waals surface area contributed by atoms with Gasteiger partial charge in [-0.15, -0.1) is 0 Å². The molecule has 0 spiro atoms. The van der Waals surface area contributed by atoms with Gasteiger partial charge in [-0.1, -0.05) is 154 Å². The molecular weight excluding hydrogens is 1160 g/mol. The summed E-state index contributed by atoms with van der Waals surface area (Å²) in [6.07, 6.45) is 31.2. The van der Waals surface area contributed by atoms with Crippen molar-refractivity contribution in [3.63, 3.8) is 0 Å². The zero-order valence-electron chi connectivity index (χ0n) is 58.1. The van der Waals surface area contributed by atoms with Crippen molar-refractivity contribution in [3.8, 4) is 0 Å². The first-order chi connectivity index (χ1) is 44.4. The van der Waals surface area contributed by atoms with Gasteiger partial charge in [0.1, 0.15) is 40.8 Å². The molecular formula is C74H116N10O8. The van der Waals surface area contributed by atoms with E-state index in [1.165, 1.54) is 118 Å². The summed E-state index contributed by atoms with van der Waals surface area (Å²) < 4.78 is 0. The first-order valence-electron chi connectivity index (χ1n) is 34.2. The molecule has 0 aromatic carbocycles. The fraction of sp³-hybridized carbons (Fsp3) is 0.635. The fourth-order valence-electron chi connectivity index (χ4n) is 13.8. The Morgan fingerprint density at radius 2 is 0.804 bits per heavy atom. The van der Waals surface area contributed by atoms with Crippen molar-refractivity contribution in [1.29, 1.82) is 0 Å². The Kier molecular flexibility index (Phi) is 38.2. The van der Waals surface area contributed by atoms with Crippen LogP contribution in [-0.2, 0) is 33.6 Å². The molecule has 0 aliphatic carbocycles. The molecule has 92 heavy (non-hydrogen) atoms. The molecule has 3 aliphatic heterocycles. The van der Waals surface area contributed by atoms with E-state index in [0.29, 0.717) is 42.4 Å². The maximum Gasteiger partial charge on any atom is 0.166 e. The minimum absolute atomic E-state index is 0.198. The summed E-state index contributed by atoms with van der Waals surface area (Å²) in [4.78, 5) is 120. The number of Topliss-reactive ketones (excluding diaryl/α,β-unsaturated/α-hetero) is 6. The predicted molar refractivity (Wildman–Crippen MR) is 367 cm³/mol. The number of piperidine rings is 3. The summed E-state index contributed by atoms with van der Waals surface area (Å²) in [5.74, 6) is -3.27. The van der Waals surface area contributed by atoms with Gasteiger partial charge in [-0.2, -0.15) is 0 Å². The normalized spacial score (nSPS) is 22.2. The van der Waals surface area contributed by atoms with Crippen LogP contribution in [0.15, 0.2) is 97.6 Å². The second-order valence-electron chi connectivity index (χ2n) is 25.6. The van der Waals surface area contributed by atoms with Crippen LogP contribution in [0.4, 0.5) is 0 Å². The molecule has 3 aliphatic rings. The molecule has 2 bridgehead atoms. The summed E-state index contributed by atoms with van der Waals surface area (Å²) in [7, 11) is 9.04. The number of aromatic nitrogens is 4. The van der Waals surface area contributed by atoms with Crippen molar-refractivity contribution in [2.45, 2.75) is 194 Å². The van der Waals surface area contributed by atoms with Crippen LogP contribution in [0.25, 0.3) is 0 Å². The lowest BCUT2D eigenvalue weighted by Crippen LogP contribution is -2.75. The molecule has 4 aromatic rings. The van der Waals surface area contributed by atoms with Crippen LogP contribution in [-0.4, -0.2) is 179 Å². The minimum atomic E-state index is -1.42. The number of likely N-dealkylation sites (tertiary alicyclic amines) is 3.